The second-order valence-corrected chi connectivity index (χ2v) is 0.729. The van der Waals surface area contributed by atoms with E-state index < -0.39 is 11.8 Å². The molecule has 0 aromatic rings. The van der Waals surface area contributed by atoms with E-state index in [0.717, 1.165) is 0 Å². The Morgan fingerprint density at radius 3 is 1.29 bits per heavy atom. The smallest absolute Gasteiger partial charge is 1.00 e. The molecular formula is C2H5KN2O2. The number of rotatable bonds is 0. The maximum Gasteiger partial charge on any atom is 1.00 e. The molecule has 4 N–H and O–H groups in total. The van der Waals surface area contributed by atoms with Gasteiger partial charge in [0.15, 0.2) is 0 Å². The summed E-state index contributed by atoms with van der Waals surface area (Å²) in [6, 6.07) is 0. The minimum Gasteiger partial charge on any atom is -1.00 e. The minimum atomic E-state index is -1.10. The Labute approximate surface area is 84.5 Å². The summed E-state index contributed by atoms with van der Waals surface area (Å²) in [4.78, 5) is 18.9. The summed E-state index contributed by atoms with van der Waals surface area (Å²) < 4.78 is 0. The Kier molecular flexibility index (Phi) is 7.12. The molecule has 0 bridgehead atoms. The van der Waals surface area contributed by atoms with Crippen LogP contribution in [-0.4, -0.2) is 11.8 Å². The molecule has 0 heterocycles. The molecule has 0 aromatic carbocycles. The fourth-order valence-electron chi connectivity index (χ4n) is 0. The second kappa shape index (κ2) is 4.73. The quantitative estimate of drug-likeness (QED) is 0.253. The molecule has 0 saturated carbocycles. The van der Waals surface area contributed by atoms with Gasteiger partial charge in [0.2, 0.25) is 0 Å². The number of carbonyl (C=O) groups excluding carboxylic acids is 2. The van der Waals surface area contributed by atoms with E-state index in [1.807, 2.05) is 0 Å². The van der Waals surface area contributed by atoms with Crippen molar-refractivity contribution in [3.63, 3.8) is 0 Å². The zero-order valence-corrected chi connectivity index (χ0v) is 7.09. The molecule has 0 aliphatic heterocycles. The average molecular weight is 128 g/mol. The summed E-state index contributed by atoms with van der Waals surface area (Å²) in [6.07, 6.45) is 0. The van der Waals surface area contributed by atoms with Gasteiger partial charge < -0.3 is 12.9 Å². The van der Waals surface area contributed by atoms with E-state index in [-0.39, 0.29) is 52.8 Å². The molecule has 0 aliphatic rings. The van der Waals surface area contributed by atoms with Crippen molar-refractivity contribution in [3.8, 4) is 0 Å². The van der Waals surface area contributed by atoms with Gasteiger partial charge in [-0.1, -0.05) is 0 Å². The van der Waals surface area contributed by atoms with E-state index in [1.54, 1.807) is 0 Å². The van der Waals surface area contributed by atoms with Gasteiger partial charge in [0.1, 0.15) is 0 Å². The van der Waals surface area contributed by atoms with Crippen LogP contribution in [0.5, 0.6) is 0 Å². The molecule has 5 heteroatoms. The fraction of sp³-hybridized carbons (Fsp3) is 0. The van der Waals surface area contributed by atoms with Gasteiger partial charge in [-0.3, -0.25) is 9.59 Å². The van der Waals surface area contributed by atoms with Crippen LogP contribution in [0.4, 0.5) is 0 Å². The Hall–Kier alpha value is 0.576. The first-order valence-corrected chi connectivity index (χ1v) is 1.24. The molecule has 0 spiro atoms. The summed E-state index contributed by atoms with van der Waals surface area (Å²) >= 11 is 0. The van der Waals surface area contributed by atoms with Crippen molar-refractivity contribution in [2.24, 2.45) is 11.5 Å². The Bertz CT molecular complexity index is 84.0. The van der Waals surface area contributed by atoms with Crippen LogP contribution in [0.15, 0.2) is 0 Å². The van der Waals surface area contributed by atoms with Crippen molar-refractivity contribution >= 4 is 11.8 Å². The second-order valence-electron chi connectivity index (χ2n) is 0.729. The van der Waals surface area contributed by atoms with Crippen molar-refractivity contribution < 1.29 is 62.4 Å². The number of hydrogen-bond acceptors (Lipinski definition) is 2. The Balaban J connectivity index is -0.000000125. The number of hydrogen-bond donors (Lipinski definition) is 2. The standard InChI is InChI=1S/C2H4N2O2.K.H/c3-1(5)2(4)6;;/h(H2,3,5)(H2,4,6);;/q;+1;-1. The molecule has 0 radical (unpaired) electrons. The van der Waals surface area contributed by atoms with Crippen molar-refractivity contribution in [2.75, 3.05) is 0 Å². The first-order valence-electron chi connectivity index (χ1n) is 1.24. The predicted octanol–water partition coefficient (Wildman–Crippen LogP) is -4.93. The largest absolute Gasteiger partial charge is 1.00 e. The molecule has 2 amide bonds. The Morgan fingerprint density at radius 1 is 1.14 bits per heavy atom. The minimum absolute atomic E-state index is 0. The van der Waals surface area contributed by atoms with Gasteiger partial charge >= 0.3 is 63.2 Å². The number of carbonyl (C=O) groups is 2. The summed E-state index contributed by atoms with van der Waals surface area (Å²) in [5, 5.41) is 0. The summed E-state index contributed by atoms with van der Waals surface area (Å²) in [5.74, 6) is -2.20. The number of nitrogens with two attached hydrogens (primary N) is 2. The van der Waals surface area contributed by atoms with Gasteiger partial charge in [0.05, 0.1) is 0 Å². The van der Waals surface area contributed by atoms with E-state index in [4.69, 9.17) is 0 Å². The van der Waals surface area contributed by atoms with Crippen LogP contribution in [0.25, 0.3) is 0 Å². The van der Waals surface area contributed by atoms with Gasteiger partial charge in [0, 0.05) is 0 Å². The monoisotopic (exact) mass is 128 g/mol. The fourth-order valence-corrected chi connectivity index (χ4v) is 0. The maximum absolute atomic E-state index is 9.45. The molecule has 0 fully saturated rings. The number of amides is 2. The maximum atomic E-state index is 9.45. The summed E-state index contributed by atoms with van der Waals surface area (Å²) in [7, 11) is 0. The van der Waals surface area contributed by atoms with E-state index in [9.17, 15) is 9.59 Å². The van der Waals surface area contributed by atoms with Gasteiger partial charge in [0.25, 0.3) is 0 Å². The molecule has 4 nitrogen and oxygen atoms in total. The van der Waals surface area contributed by atoms with Gasteiger partial charge in [-0.05, 0) is 0 Å². The van der Waals surface area contributed by atoms with Gasteiger partial charge in [-0.15, -0.1) is 0 Å². The SMILES string of the molecule is NC(=O)C(N)=O.[H-].[K+]. The molecule has 0 aliphatic carbocycles. The topological polar surface area (TPSA) is 86.2 Å². The van der Waals surface area contributed by atoms with Crippen molar-refractivity contribution in [2.45, 2.75) is 0 Å². The number of primary amides is 2. The van der Waals surface area contributed by atoms with Crippen molar-refractivity contribution in [3.05, 3.63) is 0 Å². The first-order chi connectivity index (χ1) is 2.64. The van der Waals surface area contributed by atoms with Crippen molar-refractivity contribution in [1.29, 1.82) is 0 Å². The molecule has 0 unspecified atom stereocenters. The predicted molar refractivity (Wildman–Crippen MR) is 19.5 cm³/mol. The van der Waals surface area contributed by atoms with E-state index >= 15 is 0 Å². The normalized spacial score (nSPS) is 6.29. The molecule has 0 rings (SSSR count). The molecule has 0 saturated heterocycles. The van der Waals surface area contributed by atoms with Crippen LogP contribution in [-0.2, 0) is 9.59 Å². The third-order valence-electron chi connectivity index (χ3n) is 0.243. The van der Waals surface area contributed by atoms with Crippen LogP contribution < -0.4 is 62.9 Å². The van der Waals surface area contributed by atoms with E-state index in [2.05, 4.69) is 11.5 Å². The van der Waals surface area contributed by atoms with Crippen LogP contribution >= 0.6 is 0 Å². The zero-order valence-electron chi connectivity index (χ0n) is 4.97. The third kappa shape index (κ3) is 6.58. The first kappa shape index (κ1) is 10.5. The van der Waals surface area contributed by atoms with Crippen LogP contribution in [0.2, 0.25) is 0 Å². The van der Waals surface area contributed by atoms with Gasteiger partial charge in [-0.2, -0.15) is 0 Å². The van der Waals surface area contributed by atoms with E-state index in [1.165, 1.54) is 0 Å². The van der Waals surface area contributed by atoms with Gasteiger partial charge in [-0.25, -0.2) is 0 Å². The molecule has 7 heavy (non-hydrogen) atoms. The van der Waals surface area contributed by atoms with Crippen LogP contribution in [0.3, 0.4) is 0 Å². The third-order valence-corrected chi connectivity index (χ3v) is 0.243. The van der Waals surface area contributed by atoms with E-state index in [0.29, 0.717) is 0 Å². The van der Waals surface area contributed by atoms with Crippen molar-refractivity contribution in [1.82, 2.24) is 0 Å². The average Bonchev–Trinajstić information content (AvgIpc) is 1.36. The zero-order chi connectivity index (χ0) is 5.15. The van der Waals surface area contributed by atoms with Crippen LogP contribution in [0.1, 0.15) is 1.43 Å². The molecular weight excluding hydrogens is 123 g/mol. The Morgan fingerprint density at radius 2 is 1.29 bits per heavy atom. The molecule has 0 atom stereocenters. The summed E-state index contributed by atoms with van der Waals surface area (Å²) in [6.45, 7) is 0. The summed E-state index contributed by atoms with van der Waals surface area (Å²) in [5.41, 5.74) is 8.64. The molecule has 0 aromatic heterocycles. The molecule has 36 valence electrons. The van der Waals surface area contributed by atoms with Crippen LogP contribution in [0, 0.1) is 0 Å².